The van der Waals surface area contributed by atoms with Crippen molar-refractivity contribution in [3.63, 3.8) is 0 Å². The molecule has 2 rings (SSSR count). The van der Waals surface area contributed by atoms with Crippen LogP contribution in [0.4, 0.5) is 10.5 Å². The Labute approximate surface area is 186 Å². The summed E-state index contributed by atoms with van der Waals surface area (Å²) in [4.78, 5) is 38.1. The second-order valence-corrected chi connectivity index (χ2v) is 6.96. The standard InChI is InChI=1S/C18H16Cl3N5O4/c1-4-6-13(21)15(10(3)19)25-18(30)26(23-22-25)17(29)24(5-2)14-9-11(16(27)28)7-8-12(14)20/h4,6-9H,3,5H2,1-2H3,(H,27,28)/b6-4-,15-13-. The molecule has 0 aliphatic rings. The van der Waals surface area contributed by atoms with E-state index < -0.39 is 17.7 Å². The maximum atomic E-state index is 13.0. The zero-order chi connectivity index (χ0) is 22.6. The largest absolute Gasteiger partial charge is 0.478 e. The van der Waals surface area contributed by atoms with Gasteiger partial charge in [-0.1, -0.05) is 47.5 Å². The van der Waals surface area contributed by atoms with Crippen LogP contribution in [-0.4, -0.2) is 43.4 Å². The van der Waals surface area contributed by atoms with E-state index in [4.69, 9.17) is 34.8 Å². The molecule has 1 heterocycles. The first-order valence-electron chi connectivity index (χ1n) is 8.41. The number of rotatable bonds is 6. The highest BCUT2D eigenvalue weighted by atomic mass is 35.5. The maximum Gasteiger partial charge on any atom is 0.377 e. The Kier molecular flexibility index (Phi) is 7.60. The minimum Gasteiger partial charge on any atom is -0.478 e. The van der Waals surface area contributed by atoms with Crippen LogP contribution in [-0.2, 0) is 0 Å². The fraction of sp³-hybridized carbons (Fsp3) is 0.167. The summed E-state index contributed by atoms with van der Waals surface area (Å²) in [7, 11) is 0. The Morgan fingerprint density at radius 3 is 2.43 bits per heavy atom. The molecule has 0 radical (unpaired) electrons. The topological polar surface area (TPSA) is 110 Å². The van der Waals surface area contributed by atoms with Crippen molar-refractivity contribution in [1.82, 2.24) is 19.8 Å². The van der Waals surface area contributed by atoms with Gasteiger partial charge in [-0.15, -0.1) is 4.68 Å². The second-order valence-electron chi connectivity index (χ2n) is 5.68. The molecular formula is C18H16Cl3N5O4. The predicted octanol–water partition coefficient (Wildman–Crippen LogP) is 4.02. The van der Waals surface area contributed by atoms with E-state index in [0.717, 1.165) is 9.58 Å². The zero-order valence-corrected chi connectivity index (χ0v) is 18.1. The van der Waals surface area contributed by atoms with E-state index in [1.165, 1.54) is 24.3 Å². The van der Waals surface area contributed by atoms with E-state index in [2.05, 4.69) is 17.0 Å². The summed E-state index contributed by atoms with van der Waals surface area (Å²) >= 11 is 18.2. The van der Waals surface area contributed by atoms with Gasteiger partial charge in [0, 0.05) is 6.54 Å². The molecular weight excluding hydrogens is 457 g/mol. The van der Waals surface area contributed by atoms with Crippen molar-refractivity contribution in [1.29, 1.82) is 0 Å². The van der Waals surface area contributed by atoms with E-state index in [9.17, 15) is 19.5 Å². The normalized spacial score (nSPS) is 12.0. The van der Waals surface area contributed by atoms with Crippen LogP contribution in [0.5, 0.6) is 0 Å². The third-order valence-electron chi connectivity index (χ3n) is 3.80. The molecule has 1 amide bonds. The highest BCUT2D eigenvalue weighted by molar-refractivity contribution is 6.41. The molecule has 0 bridgehead atoms. The minimum absolute atomic E-state index is 0.0468. The molecule has 0 saturated heterocycles. The van der Waals surface area contributed by atoms with Crippen molar-refractivity contribution in [3.8, 4) is 0 Å². The van der Waals surface area contributed by atoms with Gasteiger partial charge in [0.25, 0.3) is 0 Å². The average Bonchev–Trinajstić information content (AvgIpc) is 3.04. The van der Waals surface area contributed by atoms with Gasteiger partial charge in [0.2, 0.25) is 0 Å². The Bertz CT molecular complexity index is 1130. The SMILES string of the molecule is C=C(Cl)/C(=C(Cl)\C=C/C)n1nnn(C(=O)N(CC)c2cc(C(=O)O)ccc2Cl)c1=O. The number of benzene rings is 1. The number of nitrogens with zero attached hydrogens (tertiary/aromatic N) is 5. The zero-order valence-electron chi connectivity index (χ0n) is 15.8. The Hall–Kier alpha value is -2.88. The Morgan fingerprint density at radius 1 is 1.27 bits per heavy atom. The van der Waals surface area contributed by atoms with Crippen LogP contribution < -0.4 is 10.6 Å². The lowest BCUT2D eigenvalue weighted by molar-refractivity contribution is 0.0697. The minimum atomic E-state index is -1.20. The number of aromatic nitrogens is 4. The van der Waals surface area contributed by atoms with Gasteiger partial charge in [0.15, 0.2) is 0 Å². The number of amides is 1. The van der Waals surface area contributed by atoms with E-state index in [0.29, 0.717) is 4.68 Å². The lowest BCUT2D eigenvalue weighted by atomic mass is 10.2. The molecule has 0 aliphatic carbocycles. The van der Waals surface area contributed by atoms with Crippen molar-refractivity contribution in [3.05, 3.63) is 68.1 Å². The van der Waals surface area contributed by atoms with Crippen molar-refractivity contribution in [2.24, 2.45) is 0 Å². The van der Waals surface area contributed by atoms with Crippen molar-refractivity contribution in [2.45, 2.75) is 13.8 Å². The lowest BCUT2D eigenvalue weighted by Gasteiger charge is -2.21. The first-order chi connectivity index (χ1) is 14.1. The van der Waals surface area contributed by atoms with Crippen LogP contribution >= 0.6 is 34.8 Å². The average molecular weight is 473 g/mol. The van der Waals surface area contributed by atoms with Gasteiger partial charge in [-0.25, -0.2) is 14.4 Å². The molecule has 1 aromatic carbocycles. The van der Waals surface area contributed by atoms with Crippen LogP contribution in [0, 0.1) is 0 Å². The monoisotopic (exact) mass is 471 g/mol. The van der Waals surface area contributed by atoms with Crippen molar-refractivity contribution >= 4 is 58.2 Å². The summed E-state index contributed by atoms with van der Waals surface area (Å²) in [5, 5.41) is 16.5. The fourth-order valence-corrected chi connectivity index (χ4v) is 3.22. The molecule has 9 nitrogen and oxygen atoms in total. The number of carbonyl (C=O) groups is 2. The number of halogens is 3. The van der Waals surface area contributed by atoms with Gasteiger partial charge >= 0.3 is 17.7 Å². The molecule has 158 valence electrons. The van der Waals surface area contributed by atoms with E-state index in [1.54, 1.807) is 19.9 Å². The number of carbonyl (C=O) groups excluding carboxylic acids is 1. The molecule has 2 aromatic rings. The molecule has 0 atom stereocenters. The summed E-state index contributed by atoms with van der Waals surface area (Å²) in [6.45, 7) is 6.93. The third kappa shape index (κ3) is 4.64. The predicted molar refractivity (Wildman–Crippen MR) is 115 cm³/mol. The first kappa shape index (κ1) is 23.4. The molecule has 1 N–H and O–H groups in total. The third-order valence-corrected chi connectivity index (χ3v) is 4.61. The van der Waals surface area contributed by atoms with Gasteiger partial charge in [-0.2, -0.15) is 4.68 Å². The quantitative estimate of drug-likeness (QED) is 0.502. The number of allylic oxidation sites excluding steroid dienone is 5. The van der Waals surface area contributed by atoms with Crippen LogP contribution in [0.1, 0.15) is 24.2 Å². The number of tetrazole rings is 1. The van der Waals surface area contributed by atoms with E-state index >= 15 is 0 Å². The summed E-state index contributed by atoms with van der Waals surface area (Å²) < 4.78 is 1.21. The second kappa shape index (κ2) is 9.75. The van der Waals surface area contributed by atoms with Crippen molar-refractivity contribution in [2.75, 3.05) is 11.4 Å². The van der Waals surface area contributed by atoms with Gasteiger partial charge in [0.05, 0.1) is 26.3 Å². The maximum absolute atomic E-state index is 13.0. The number of aromatic carboxylic acids is 1. The summed E-state index contributed by atoms with van der Waals surface area (Å²) in [5.74, 6) is -1.20. The molecule has 30 heavy (non-hydrogen) atoms. The number of anilines is 1. The molecule has 0 spiro atoms. The molecule has 1 aromatic heterocycles. The smallest absolute Gasteiger partial charge is 0.377 e. The van der Waals surface area contributed by atoms with Crippen LogP contribution in [0.2, 0.25) is 5.02 Å². The van der Waals surface area contributed by atoms with Gasteiger partial charge in [0.1, 0.15) is 5.70 Å². The first-order valence-corrected chi connectivity index (χ1v) is 9.54. The summed E-state index contributed by atoms with van der Waals surface area (Å²) in [6, 6.07) is 2.95. The van der Waals surface area contributed by atoms with E-state index in [-0.39, 0.29) is 38.6 Å². The lowest BCUT2D eigenvalue weighted by Crippen LogP contribution is -2.41. The van der Waals surface area contributed by atoms with Crippen molar-refractivity contribution < 1.29 is 14.7 Å². The van der Waals surface area contributed by atoms with Gasteiger partial charge < -0.3 is 5.11 Å². The van der Waals surface area contributed by atoms with Crippen LogP contribution in [0.15, 0.2) is 51.8 Å². The number of hydrogen-bond acceptors (Lipinski definition) is 5. The summed E-state index contributed by atoms with van der Waals surface area (Å²) in [5.41, 5.74) is -0.994. The van der Waals surface area contributed by atoms with E-state index in [1.807, 2.05) is 0 Å². The number of carboxylic acid groups (broad SMARTS) is 1. The molecule has 0 saturated carbocycles. The molecule has 0 fully saturated rings. The Balaban J connectivity index is 2.58. The van der Waals surface area contributed by atoms with Crippen LogP contribution in [0.25, 0.3) is 5.70 Å². The van der Waals surface area contributed by atoms with Gasteiger partial charge in [-0.3, -0.25) is 4.90 Å². The Morgan fingerprint density at radius 2 is 1.90 bits per heavy atom. The fourth-order valence-electron chi connectivity index (χ4n) is 2.45. The molecule has 0 aliphatic heterocycles. The molecule has 0 unspecified atom stereocenters. The number of carboxylic acids is 1. The highest BCUT2D eigenvalue weighted by Crippen LogP contribution is 2.28. The number of hydrogen-bond donors (Lipinski definition) is 1. The molecule has 12 heteroatoms. The summed E-state index contributed by atoms with van der Waals surface area (Å²) in [6.07, 6.45) is 3.08. The van der Waals surface area contributed by atoms with Crippen LogP contribution in [0.3, 0.4) is 0 Å². The highest BCUT2D eigenvalue weighted by Gasteiger charge is 2.25. The van der Waals surface area contributed by atoms with Gasteiger partial charge in [-0.05, 0) is 48.5 Å².